The molecule has 1 unspecified atom stereocenters. The molecule has 1 heterocycles. The minimum atomic E-state index is -0.303. The van der Waals surface area contributed by atoms with Gasteiger partial charge in [0.1, 0.15) is 0 Å². The maximum absolute atomic E-state index is 12.8. The van der Waals surface area contributed by atoms with Gasteiger partial charge < -0.3 is 14.8 Å². The molecule has 0 spiro atoms. The van der Waals surface area contributed by atoms with Crippen LogP contribution < -0.4 is 20.1 Å². The van der Waals surface area contributed by atoms with Crippen molar-refractivity contribution in [3.05, 3.63) is 69.2 Å². The molecule has 2 aromatic carbocycles. The van der Waals surface area contributed by atoms with Gasteiger partial charge in [0, 0.05) is 22.0 Å². The van der Waals surface area contributed by atoms with E-state index in [2.05, 4.69) is 15.6 Å². The monoisotopic (exact) mass is 485 g/mol. The van der Waals surface area contributed by atoms with Crippen LogP contribution in [0.3, 0.4) is 0 Å². The van der Waals surface area contributed by atoms with Crippen LogP contribution in [0.15, 0.2) is 42.5 Å². The van der Waals surface area contributed by atoms with Crippen molar-refractivity contribution in [1.82, 2.24) is 10.3 Å². The number of hydrogen-bond acceptors (Lipinski definition) is 6. The maximum Gasteiger partial charge on any atom is 0.257 e. The maximum atomic E-state index is 12.8. The molecule has 9 heteroatoms. The Morgan fingerprint density at radius 3 is 2.61 bits per heavy atom. The summed E-state index contributed by atoms with van der Waals surface area (Å²) in [7, 11) is 3.20. The van der Waals surface area contributed by atoms with E-state index in [0.29, 0.717) is 40.2 Å². The molecule has 172 valence electrons. The topological polar surface area (TPSA) is 89.6 Å². The lowest BCUT2D eigenvalue weighted by Crippen LogP contribution is -2.30. The number of methoxy groups -OCH3 is 2. The van der Waals surface area contributed by atoms with E-state index >= 15 is 0 Å². The summed E-state index contributed by atoms with van der Waals surface area (Å²) in [5, 5.41) is 6.91. The van der Waals surface area contributed by atoms with E-state index in [4.69, 9.17) is 21.1 Å². The molecule has 1 aliphatic carbocycles. The Morgan fingerprint density at radius 2 is 1.88 bits per heavy atom. The minimum absolute atomic E-state index is 0.0462. The zero-order chi connectivity index (χ0) is 23.4. The number of hydrogen-bond donors (Lipinski definition) is 2. The Bertz CT molecular complexity index is 1160. The average Bonchev–Trinajstić information content (AvgIpc) is 3.39. The van der Waals surface area contributed by atoms with Crippen LogP contribution in [0.25, 0.3) is 0 Å². The smallest absolute Gasteiger partial charge is 0.257 e. The fraction of sp³-hybridized carbons (Fsp3) is 0.292. The zero-order valence-electron chi connectivity index (χ0n) is 18.3. The fourth-order valence-electron chi connectivity index (χ4n) is 3.80. The van der Waals surface area contributed by atoms with Crippen molar-refractivity contribution in [1.29, 1.82) is 0 Å². The van der Waals surface area contributed by atoms with Gasteiger partial charge in [0.15, 0.2) is 16.6 Å². The molecule has 4 rings (SSSR count). The van der Waals surface area contributed by atoms with E-state index in [0.717, 1.165) is 29.0 Å². The summed E-state index contributed by atoms with van der Waals surface area (Å²) >= 11 is 7.30. The van der Waals surface area contributed by atoms with Gasteiger partial charge in [0.25, 0.3) is 5.91 Å². The zero-order valence-corrected chi connectivity index (χ0v) is 19.9. The van der Waals surface area contributed by atoms with Crippen LogP contribution in [0.1, 0.15) is 38.8 Å². The largest absolute Gasteiger partial charge is 0.493 e. The van der Waals surface area contributed by atoms with Crippen molar-refractivity contribution >= 4 is 39.9 Å². The second-order valence-corrected chi connectivity index (χ2v) is 9.13. The van der Waals surface area contributed by atoms with Crippen LogP contribution in [-0.4, -0.2) is 37.6 Å². The van der Waals surface area contributed by atoms with E-state index in [9.17, 15) is 9.59 Å². The van der Waals surface area contributed by atoms with Crippen molar-refractivity contribution in [3.63, 3.8) is 0 Å². The number of ether oxygens (including phenoxy) is 2. The van der Waals surface area contributed by atoms with Crippen LogP contribution >= 0.6 is 22.9 Å². The predicted molar refractivity (Wildman–Crippen MR) is 129 cm³/mol. The summed E-state index contributed by atoms with van der Waals surface area (Å²) in [5.74, 6) is 0.733. The highest BCUT2D eigenvalue weighted by molar-refractivity contribution is 7.16. The van der Waals surface area contributed by atoms with Crippen LogP contribution in [0.4, 0.5) is 5.13 Å². The number of benzene rings is 2. The molecule has 0 aliphatic heterocycles. The molecule has 0 saturated heterocycles. The van der Waals surface area contributed by atoms with E-state index in [-0.39, 0.29) is 17.7 Å². The number of nitrogens with one attached hydrogen (secondary N) is 2. The third-order valence-corrected chi connectivity index (χ3v) is 6.82. The Balaban J connectivity index is 1.34. The standard InChI is InChI=1S/C24H24ClN3O4S/c1-31-18-9-3-14(13-19(18)32-2)11-12-26-23(30)17-8-10-20-21(17)27-24(33-20)28-22(29)15-4-6-16(25)7-5-15/h3-7,9,13,17H,8,10-12H2,1-2H3,(H,26,30)(H,27,28,29). The lowest BCUT2D eigenvalue weighted by Gasteiger charge is -2.12. The number of aromatic nitrogens is 1. The third-order valence-electron chi connectivity index (χ3n) is 5.52. The normalized spacial score (nSPS) is 14.5. The summed E-state index contributed by atoms with van der Waals surface area (Å²) in [6, 6.07) is 12.4. The Morgan fingerprint density at radius 1 is 1.12 bits per heavy atom. The number of halogens is 1. The molecule has 3 aromatic rings. The quantitative estimate of drug-likeness (QED) is 0.492. The first-order valence-electron chi connectivity index (χ1n) is 10.5. The van der Waals surface area contributed by atoms with Crippen molar-refractivity contribution in [2.75, 3.05) is 26.1 Å². The Kier molecular flexibility index (Phi) is 7.15. The van der Waals surface area contributed by atoms with Crippen molar-refractivity contribution in [2.45, 2.75) is 25.2 Å². The lowest BCUT2D eigenvalue weighted by atomic mass is 10.1. The molecular weight excluding hydrogens is 462 g/mol. The first-order valence-corrected chi connectivity index (χ1v) is 11.7. The summed E-state index contributed by atoms with van der Waals surface area (Å²) < 4.78 is 10.6. The molecule has 2 amide bonds. The van der Waals surface area contributed by atoms with Crippen LogP contribution in [-0.2, 0) is 17.6 Å². The van der Waals surface area contributed by atoms with Gasteiger partial charge in [-0.3, -0.25) is 14.9 Å². The first-order chi connectivity index (χ1) is 16.0. The molecule has 2 N–H and O–H groups in total. The van der Waals surface area contributed by atoms with Crippen molar-refractivity contribution in [2.24, 2.45) is 0 Å². The molecule has 33 heavy (non-hydrogen) atoms. The number of thiazole rings is 1. The number of rotatable bonds is 8. The van der Waals surface area contributed by atoms with Gasteiger partial charge in [-0.15, -0.1) is 11.3 Å². The van der Waals surface area contributed by atoms with Gasteiger partial charge >= 0.3 is 0 Å². The van der Waals surface area contributed by atoms with Gasteiger partial charge in [0.2, 0.25) is 5.91 Å². The predicted octanol–water partition coefficient (Wildman–Crippen LogP) is 4.45. The third kappa shape index (κ3) is 5.29. The summed E-state index contributed by atoms with van der Waals surface area (Å²) in [6.07, 6.45) is 2.17. The van der Waals surface area contributed by atoms with Gasteiger partial charge in [-0.25, -0.2) is 4.98 Å². The van der Waals surface area contributed by atoms with Gasteiger partial charge in [-0.2, -0.15) is 0 Å². The highest BCUT2D eigenvalue weighted by Gasteiger charge is 2.32. The van der Waals surface area contributed by atoms with Crippen LogP contribution in [0.2, 0.25) is 5.02 Å². The van der Waals surface area contributed by atoms with Crippen LogP contribution in [0.5, 0.6) is 11.5 Å². The number of amides is 2. The summed E-state index contributed by atoms with van der Waals surface area (Å²) in [6.45, 7) is 0.504. The second-order valence-electron chi connectivity index (χ2n) is 7.61. The molecule has 1 atom stereocenters. The molecule has 0 fully saturated rings. The van der Waals surface area contributed by atoms with Gasteiger partial charge in [-0.05, 0) is 61.2 Å². The lowest BCUT2D eigenvalue weighted by molar-refractivity contribution is -0.122. The molecule has 1 aliphatic rings. The van der Waals surface area contributed by atoms with E-state index in [1.165, 1.54) is 11.3 Å². The number of nitrogens with zero attached hydrogens (tertiary/aromatic N) is 1. The number of aryl methyl sites for hydroxylation is 1. The highest BCUT2D eigenvalue weighted by Crippen LogP contribution is 2.38. The fourth-order valence-corrected chi connectivity index (χ4v) is 4.96. The average molecular weight is 486 g/mol. The SMILES string of the molecule is COc1ccc(CCNC(=O)C2CCc3sc(NC(=O)c4ccc(Cl)cc4)nc32)cc1OC. The molecule has 7 nitrogen and oxygen atoms in total. The number of carbonyl (C=O) groups excluding carboxylic acids is 2. The second kappa shape index (κ2) is 10.2. The van der Waals surface area contributed by atoms with E-state index in [1.54, 1.807) is 38.5 Å². The molecule has 1 aromatic heterocycles. The van der Waals surface area contributed by atoms with E-state index < -0.39 is 0 Å². The van der Waals surface area contributed by atoms with Crippen molar-refractivity contribution < 1.29 is 19.1 Å². The first kappa shape index (κ1) is 23.1. The molecule has 0 saturated carbocycles. The highest BCUT2D eigenvalue weighted by atomic mass is 35.5. The summed E-state index contributed by atoms with van der Waals surface area (Å²) in [5.41, 5.74) is 2.30. The Hall–Kier alpha value is -3.10. The Labute approximate surface area is 201 Å². The molecular formula is C24H24ClN3O4S. The minimum Gasteiger partial charge on any atom is -0.493 e. The van der Waals surface area contributed by atoms with Gasteiger partial charge in [0.05, 0.1) is 25.8 Å². The van der Waals surface area contributed by atoms with Crippen molar-refractivity contribution in [3.8, 4) is 11.5 Å². The molecule has 0 radical (unpaired) electrons. The van der Waals surface area contributed by atoms with Crippen LogP contribution in [0, 0.1) is 0 Å². The number of carbonyl (C=O) groups is 2. The number of fused-ring (bicyclic) bond motifs is 1. The molecule has 0 bridgehead atoms. The van der Waals surface area contributed by atoms with Gasteiger partial charge in [-0.1, -0.05) is 17.7 Å². The number of anilines is 1. The van der Waals surface area contributed by atoms with E-state index in [1.807, 2.05) is 18.2 Å². The summed E-state index contributed by atoms with van der Waals surface area (Å²) in [4.78, 5) is 30.9.